The average molecular weight is 512 g/mol. The number of rotatable bonds is 10. The summed E-state index contributed by atoms with van der Waals surface area (Å²) < 4.78 is 0. The lowest BCUT2D eigenvalue weighted by Crippen LogP contribution is -2.17. The molecular formula is C32H37N3O3. The molecule has 38 heavy (non-hydrogen) atoms. The van der Waals surface area contributed by atoms with Crippen LogP contribution in [-0.2, 0) is 22.6 Å². The molecule has 0 saturated heterocycles. The first kappa shape index (κ1) is 28.5. The summed E-state index contributed by atoms with van der Waals surface area (Å²) in [5.74, 6) is -0.734. The predicted molar refractivity (Wildman–Crippen MR) is 154 cm³/mol. The number of nitrogens with zero attached hydrogens (tertiary/aromatic N) is 1. The van der Waals surface area contributed by atoms with Gasteiger partial charge in [-0.05, 0) is 61.1 Å². The molecule has 0 radical (unpaired) electrons. The van der Waals surface area contributed by atoms with Crippen LogP contribution in [0.25, 0.3) is 22.2 Å². The van der Waals surface area contributed by atoms with Gasteiger partial charge in [0, 0.05) is 43.9 Å². The van der Waals surface area contributed by atoms with Crippen molar-refractivity contribution in [2.45, 2.75) is 52.1 Å². The van der Waals surface area contributed by atoms with Gasteiger partial charge < -0.3 is 15.7 Å². The molecule has 4 aromatic rings. The molecule has 4 rings (SSSR count). The van der Waals surface area contributed by atoms with Gasteiger partial charge >= 0.3 is 5.97 Å². The lowest BCUT2D eigenvalue weighted by Gasteiger charge is -2.15. The number of benzene rings is 3. The normalized spacial score (nSPS) is 11.3. The molecule has 0 spiro atoms. The van der Waals surface area contributed by atoms with Gasteiger partial charge in [-0.15, -0.1) is 0 Å². The molecule has 1 aromatic heterocycles. The smallest absolute Gasteiger partial charge is 0.303 e. The van der Waals surface area contributed by atoms with E-state index >= 15 is 0 Å². The number of carboxylic acid groups (broad SMARTS) is 1. The highest BCUT2D eigenvalue weighted by Gasteiger charge is 2.11. The Hall–Kier alpha value is -4.03. The van der Waals surface area contributed by atoms with E-state index < -0.39 is 5.97 Å². The molecule has 198 valence electrons. The first-order chi connectivity index (χ1) is 18.4. The third kappa shape index (κ3) is 8.82. The van der Waals surface area contributed by atoms with Gasteiger partial charge in [0.15, 0.2) is 0 Å². The molecule has 6 heteroatoms. The van der Waals surface area contributed by atoms with Crippen LogP contribution in [0.5, 0.6) is 0 Å². The number of pyridine rings is 1. The summed E-state index contributed by atoms with van der Waals surface area (Å²) in [5.41, 5.74) is 6.72. The molecule has 0 aliphatic rings. The Morgan fingerprint density at radius 2 is 1.58 bits per heavy atom. The molecule has 6 nitrogen and oxygen atoms in total. The Morgan fingerprint density at radius 1 is 0.921 bits per heavy atom. The summed E-state index contributed by atoms with van der Waals surface area (Å²) in [6.07, 6.45) is 2.52. The minimum atomic E-state index is -0.739. The molecule has 0 saturated carbocycles. The van der Waals surface area contributed by atoms with Crippen LogP contribution >= 0.6 is 0 Å². The monoisotopic (exact) mass is 511 g/mol. The van der Waals surface area contributed by atoms with Crippen molar-refractivity contribution in [2.24, 2.45) is 0 Å². The fraction of sp³-hybridized carbons (Fsp3) is 0.281. The minimum absolute atomic E-state index is 0.00463. The second-order valence-electron chi connectivity index (χ2n) is 9.31. The number of carbonyl (C=O) groups is 2. The number of amides is 1. The quantitative estimate of drug-likeness (QED) is 0.217. The molecule has 1 atom stereocenters. The van der Waals surface area contributed by atoms with Crippen LogP contribution in [0.4, 0.5) is 0 Å². The fourth-order valence-corrected chi connectivity index (χ4v) is 4.14. The molecule has 1 amide bonds. The van der Waals surface area contributed by atoms with E-state index in [0.717, 1.165) is 41.5 Å². The number of hydrogen-bond acceptors (Lipinski definition) is 4. The number of aliphatic carboxylic acids is 1. The van der Waals surface area contributed by atoms with Gasteiger partial charge in [0.2, 0.25) is 5.91 Å². The van der Waals surface area contributed by atoms with Crippen LogP contribution in [0, 0.1) is 0 Å². The average Bonchev–Trinajstić information content (AvgIpc) is 2.94. The van der Waals surface area contributed by atoms with E-state index in [0.29, 0.717) is 6.42 Å². The maximum Gasteiger partial charge on any atom is 0.303 e. The molecule has 0 aliphatic carbocycles. The van der Waals surface area contributed by atoms with Crippen LogP contribution in [-0.4, -0.2) is 29.0 Å². The van der Waals surface area contributed by atoms with E-state index in [1.807, 2.05) is 24.3 Å². The number of aryl methyl sites for hydroxylation is 1. The summed E-state index contributed by atoms with van der Waals surface area (Å²) in [4.78, 5) is 25.6. The maximum absolute atomic E-state index is 10.9. The topological polar surface area (TPSA) is 91.3 Å². The van der Waals surface area contributed by atoms with Gasteiger partial charge in [0.25, 0.3) is 0 Å². The molecular weight excluding hydrogens is 474 g/mol. The Bertz CT molecular complexity index is 1320. The van der Waals surface area contributed by atoms with Gasteiger partial charge in [0.05, 0.1) is 11.2 Å². The largest absolute Gasteiger partial charge is 0.481 e. The SMILES string of the molecule is CC(NCc1ccc2nc(-c3ccccc3)c(CCCCC(=O)O)cc2c1)c1ccccc1.CNC(C)=O. The van der Waals surface area contributed by atoms with Crippen molar-refractivity contribution in [1.29, 1.82) is 0 Å². The lowest BCUT2D eigenvalue weighted by molar-refractivity contribution is -0.137. The second-order valence-corrected chi connectivity index (χ2v) is 9.31. The summed E-state index contributed by atoms with van der Waals surface area (Å²) in [5, 5.41) is 16.1. The van der Waals surface area contributed by atoms with E-state index in [4.69, 9.17) is 10.1 Å². The Kier molecular flexibility index (Phi) is 11.0. The molecule has 0 aliphatic heterocycles. The van der Waals surface area contributed by atoms with Gasteiger partial charge in [-0.1, -0.05) is 66.7 Å². The van der Waals surface area contributed by atoms with E-state index in [9.17, 15) is 9.59 Å². The van der Waals surface area contributed by atoms with Crippen molar-refractivity contribution in [3.63, 3.8) is 0 Å². The number of aromatic nitrogens is 1. The van der Waals surface area contributed by atoms with E-state index in [-0.39, 0.29) is 18.4 Å². The highest BCUT2D eigenvalue weighted by molar-refractivity contribution is 5.84. The Labute approximate surface area is 225 Å². The van der Waals surface area contributed by atoms with Gasteiger partial charge in [-0.2, -0.15) is 0 Å². The maximum atomic E-state index is 10.9. The molecule has 3 aromatic carbocycles. The highest BCUT2D eigenvalue weighted by Crippen LogP contribution is 2.28. The number of carboxylic acids is 1. The third-order valence-corrected chi connectivity index (χ3v) is 6.36. The summed E-state index contributed by atoms with van der Waals surface area (Å²) >= 11 is 0. The predicted octanol–water partition coefficient (Wildman–Crippen LogP) is 6.30. The summed E-state index contributed by atoms with van der Waals surface area (Å²) in [7, 11) is 1.60. The van der Waals surface area contributed by atoms with Crippen LogP contribution in [0.1, 0.15) is 55.8 Å². The zero-order chi connectivity index (χ0) is 27.3. The van der Waals surface area contributed by atoms with Crippen molar-refractivity contribution < 1.29 is 14.7 Å². The van der Waals surface area contributed by atoms with E-state index in [2.05, 4.69) is 78.2 Å². The van der Waals surface area contributed by atoms with Crippen LogP contribution < -0.4 is 10.6 Å². The second kappa shape index (κ2) is 14.6. The summed E-state index contributed by atoms with van der Waals surface area (Å²) in [6.45, 7) is 4.43. The Morgan fingerprint density at radius 3 is 2.21 bits per heavy atom. The van der Waals surface area contributed by atoms with Crippen molar-refractivity contribution in [3.8, 4) is 11.3 Å². The standard InChI is InChI=1S/C29H30N2O2.C3H7NO/c1-21(23-10-4-2-5-11-23)30-20-22-16-17-27-26(18-22)19-25(14-8-9-15-28(32)33)29(31-27)24-12-6-3-7-13-24;1-3(5)4-2/h2-7,10-13,16-19,21,30H,8-9,14-15,20H2,1H3,(H,32,33);1-2H3,(H,4,5). The van der Waals surface area contributed by atoms with Crippen molar-refractivity contribution in [3.05, 3.63) is 102 Å². The van der Waals surface area contributed by atoms with Crippen LogP contribution in [0.3, 0.4) is 0 Å². The molecule has 1 heterocycles. The van der Waals surface area contributed by atoms with Crippen LogP contribution in [0.2, 0.25) is 0 Å². The van der Waals surface area contributed by atoms with Crippen molar-refractivity contribution >= 4 is 22.8 Å². The number of fused-ring (bicyclic) bond motifs is 1. The van der Waals surface area contributed by atoms with Crippen molar-refractivity contribution in [1.82, 2.24) is 15.6 Å². The first-order valence-corrected chi connectivity index (χ1v) is 13.0. The van der Waals surface area contributed by atoms with E-state index in [1.54, 1.807) is 7.05 Å². The molecule has 1 unspecified atom stereocenters. The third-order valence-electron chi connectivity index (χ3n) is 6.36. The van der Waals surface area contributed by atoms with Crippen molar-refractivity contribution in [2.75, 3.05) is 7.05 Å². The first-order valence-electron chi connectivity index (χ1n) is 13.0. The molecule has 0 bridgehead atoms. The number of hydrogen-bond donors (Lipinski definition) is 3. The van der Waals surface area contributed by atoms with Crippen LogP contribution in [0.15, 0.2) is 84.9 Å². The fourth-order valence-electron chi connectivity index (χ4n) is 4.14. The van der Waals surface area contributed by atoms with Gasteiger partial charge in [-0.25, -0.2) is 4.98 Å². The highest BCUT2D eigenvalue weighted by atomic mass is 16.4. The number of nitrogens with one attached hydrogen (secondary N) is 2. The van der Waals surface area contributed by atoms with Gasteiger partial charge in [0.1, 0.15) is 0 Å². The molecule has 0 fully saturated rings. The summed E-state index contributed by atoms with van der Waals surface area (Å²) in [6, 6.07) is 29.6. The lowest BCUT2D eigenvalue weighted by atomic mass is 9.98. The molecule has 3 N–H and O–H groups in total. The zero-order valence-corrected chi connectivity index (χ0v) is 22.4. The Balaban J connectivity index is 0.000000732. The number of unbranched alkanes of at least 4 members (excludes halogenated alkanes) is 1. The zero-order valence-electron chi connectivity index (χ0n) is 22.4. The minimum Gasteiger partial charge on any atom is -0.481 e. The number of carbonyl (C=O) groups excluding carboxylic acids is 1. The van der Waals surface area contributed by atoms with E-state index in [1.165, 1.54) is 23.6 Å². The van der Waals surface area contributed by atoms with Gasteiger partial charge in [-0.3, -0.25) is 9.59 Å².